The summed E-state index contributed by atoms with van der Waals surface area (Å²) in [5, 5.41) is 8.80. The normalized spacial score (nSPS) is 18.5. The van der Waals surface area contributed by atoms with Crippen LogP contribution < -0.4 is 9.79 Å². The van der Waals surface area contributed by atoms with E-state index in [1.165, 1.54) is 10.4 Å². The number of benzene rings is 2. The van der Waals surface area contributed by atoms with Crippen LogP contribution >= 0.6 is 22.6 Å². The first kappa shape index (κ1) is 16.2. The number of anilines is 1. The molecule has 1 heterocycles. The molecule has 0 aliphatic carbocycles. The molecule has 1 amide bonds. The van der Waals surface area contributed by atoms with Gasteiger partial charge < -0.3 is 0 Å². The molecule has 3 rings (SSSR count). The molecule has 0 spiro atoms. The van der Waals surface area contributed by atoms with Gasteiger partial charge in [-0.25, -0.2) is 13.9 Å². The van der Waals surface area contributed by atoms with Crippen molar-refractivity contribution in [2.24, 2.45) is 0 Å². The highest BCUT2D eigenvalue weighted by Crippen LogP contribution is 2.44. The molecule has 1 aliphatic rings. The van der Waals surface area contributed by atoms with Crippen molar-refractivity contribution in [1.82, 2.24) is 5.48 Å². The van der Waals surface area contributed by atoms with Crippen LogP contribution in [0.15, 0.2) is 53.4 Å². The van der Waals surface area contributed by atoms with Gasteiger partial charge in [-0.05, 0) is 58.5 Å². The van der Waals surface area contributed by atoms with Gasteiger partial charge in [0.15, 0.2) is 0 Å². The van der Waals surface area contributed by atoms with Crippen LogP contribution in [0.2, 0.25) is 0 Å². The summed E-state index contributed by atoms with van der Waals surface area (Å²) in [6.45, 7) is 0. The molecule has 0 saturated carbocycles. The molecule has 2 N–H and O–H groups in total. The van der Waals surface area contributed by atoms with Crippen molar-refractivity contribution < 1.29 is 18.4 Å². The zero-order chi connectivity index (χ0) is 16.6. The molecule has 6 nitrogen and oxygen atoms in total. The summed E-state index contributed by atoms with van der Waals surface area (Å²) in [5.74, 6) is -0.641. The molecule has 0 bridgehead atoms. The molecule has 2 aromatic carbocycles. The number of nitrogens with zero attached hydrogens (tertiary/aromatic N) is 1. The van der Waals surface area contributed by atoms with E-state index in [0.29, 0.717) is 11.3 Å². The van der Waals surface area contributed by atoms with E-state index in [9.17, 15) is 13.2 Å². The smallest absolute Gasteiger partial charge is 0.265 e. The molecule has 0 saturated heterocycles. The van der Waals surface area contributed by atoms with Gasteiger partial charge in [0.25, 0.3) is 10.0 Å². The van der Waals surface area contributed by atoms with Gasteiger partial charge in [0.2, 0.25) is 5.91 Å². The van der Waals surface area contributed by atoms with Gasteiger partial charge in [-0.1, -0.05) is 18.2 Å². The number of hydroxylamine groups is 1. The number of hydrogen-bond donors (Lipinski definition) is 2. The molecular weight excluding hydrogens is 431 g/mol. The predicted molar refractivity (Wildman–Crippen MR) is 92.6 cm³/mol. The van der Waals surface area contributed by atoms with Gasteiger partial charge in [-0.2, -0.15) is 0 Å². The number of carbonyl (C=O) groups is 1. The summed E-state index contributed by atoms with van der Waals surface area (Å²) in [7, 11) is -3.75. The van der Waals surface area contributed by atoms with E-state index in [2.05, 4.69) is 22.6 Å². The standard InChI is InChI=1S/C15H13IN2O4S/c16-10-5-7-11(8-6-10)18-13(9-15(19)17-20)12-3-1-2-4-14(12)23(18,21)22/h1-8,13,20H,9H2,(H,17,19). The highest BCUT2D eigenvalue weighted by molar-refractivity contribution is 14.1. The van der Waals surface area contributed by atoms with Crippen molar-refractivity contribution >= 4 is 44.2 Å². The van der Waals surface area contributed by atoms with Crippen molar-refractivity contribution in [2.75, 3.05) is 4.31 Å². The Balaban J connectivity index is 2.15. The predicted octanol–water partition coefficient (Wildman–Crippen LogP) is 2.44. The van der Waals surface area contributed by atoms with Gasteiger partial charge in [-0.3, -0.25) is 14.3 Å². The third-order valence-electron chi connectivity index (χ3n) is 3.68. The molecule has 2 aromatic rings. The number of halogens is 1. The second-order valence-corrected chi connectivity index (χ2v) is 8.10. The zero-order valence-electron chi connectivity index (χ0n) is 11.8. The first-order chi connectivity index (χ1) is 10.9. The van der Waals surface area contributed by atoms with Crippen LogP contribution in [-0.2, 0) is 14.8 Å². The third-order valence-corrected chi connectivity index (χ3v) is 6.31. The topological polar surface area (TPSA) is 86.7 Å². The van der Waals surface area contributed by atoms with Crippen molar-refractivity contribution in [2.45, 2.75) is 17.4 Å². The minimum atomic E-state index is -3.75. The van der Waals surface area contributed by atoms with Crippen LogP contribution in [0.1, 0.15) is 18.0 Å². The number of carbonyl (C=O) groups excluding carboxylic acids is 1. The minimum Gasteiger partial charge on any atom is -0.289 e. The fraction of sp³-hybridized carbons (Fsp3) is 0.133. The summed E-state index contributed by atoms with van der Waals surface area (Å²) in [6.07, 6.45) is -0.168. The Morgan fingerprint density at radius 2 is 1.83 bits per heavy atom. The van der Waals surface area contributed by atoms with Crippen LogP contribution in [0.25, 0.3) is 0 Å². The molecule has 1 unspecified atom stereocenters. The largest absolute Gasteiger partial charge is 0.289 e. The number of rotatable bonds is 3. The van der Waals surface area contributed by atoms with Crippen LogP contribution in [0.3, 0.4) is 0 Å². The van der Waals surface area contributed by atoms with Gasteiger partial charge in [-0.15, -0.1) is 0 Å². The van der Waals surface area contributed by atoms with Gasteiger partial charge in [0, 0.05) is 3.57 Å². The maximum atomic E-state index is 12.9. The highest BCUT2D eigenvalue weighted by Gasteiger charge is 2.43. The Morgan fingerprint density at radius 1 is 1.17 bits per heavy atom. The first-order valence-corrected chi connectivity index (χ1v) is 9.29. The number of amides is 1. The lowest BCUT2D eigenvalue weighted by atomic mass is 10.0. The average molecular weight is 444 g/mol. The van der Waals surface area contributed by atoms with Crippen LogP contribution in [0.5, 0.6) is 0 Å². The summed E-state index contributed by atoms with van der Waals surface area (Å²) in [4.78, 5) is 11.8. The van der Waals surface area contributed by atoms with E-state index in [1.54, 1.807) is 47.9 Å². The number of sulfonamides is 1. The summed E-state index contributed by atoms with van der Waals surface area (Å²) >= 11 is 2.13. The SMILES string of the molecule is O=C(CC1c2ccccc2S(=O)(=O)N1c1ccc(I)cc1)NO. The fourth-order valence-electron chi connectivity index (χ4n) is 2.71. The van der Waals surface area contributed by atoms with Gasteiger partial charge in [0.05, 0.1) is 23.0 Å². The van der Waals surface area contributed by atoms with Crippen molar-refractivity contribution in [1.29, 1.82) is 0 Å². The fourth-order valence-corrected chi connectivity index (χ4v) is 4.96. The van der Waals surface area contributed by atoms with Crippen LogP contribution in [0, 0.1) is 3.57 Å². The van der Waals surface area contributed by atoms with Gasteiger partial charge >= 0.3 is 0 Å². The molecule has 1 aliphatic heterocycles. The second-order valence-electron chi connectivity index (χ2n) is 5.07. The number of fused-ring (bicyclic) bond motifs is 1. The number of hydrogen-bond acceptors (Lipinski definition) is 4. The first-order valence-electron chi connectivity index (χ1n) is 6.77. The molecule has 8 heteroatoms. The summed E-state index contributed by atoms with van der Waals surface area (Å²) in [5.41, 5.74) is 2.60. The van der Waals surface area contributed by atoms with E-state index in [0.717, 1.165) is 3.57 Å². The van der Waals surface area contributed by atoms with E-state index < -0.39 is 22.0 Å². The van der Waals surface area contributed by atoms with Crippen LogP contribution in [-0.4, -0.2) is 19.5 Å². The lowest BCUT2D eigenvalue weighted by molar-refractivity contribution is -0.129. The molecule has 0 aromatic heterocycles. The lowest BCUT2D eigenvalue weighted by Gasteiger charge is -2.25. The van der Waals surface area contributed by atoms with Gasteiger partial charge in [0.1, 0.15) is 0 Å². The molecule has 1 atom stereocenters. The van der Waals surface area contributed by atoms with Crippen molar-refractivity contribution in [3.8, 4) is 0 Å². The van der Waals surface area contributed by atoms with Crippen molar-refractivity contribution in [3.63, 3.8) is 0 Å². The molecule has 0 radical (unpaired) electrons. The summed E-state index contributed by atoms with van der Waals surface area (Å²) < 4.78 is 28.0. The van der Waals surface area contributed by atoms with Crippen LogP contribution in [0.4, 0.5) is 5.69 Å². The Hall–Kier alpha value is -1.65. The quantitative estimate of drug-likeness (QED) is 0.433. The Bertz CT molecular complexity index is 852. The molecule has 0 fully saturated rings. The minimum absolute atomic E-state index is 0.168. The number of nitrogens with one attached hydrogen (secondary N) is 1. The Kier molecular flexibility index (Phi) is 4.30. The third kappa shape index (κ3) is 2.81. The zero-order valence-corrected chi connectivity index (χ0v) is 14.8. The highest BCUT2D eigenvalue weighted by atomic mass is 127. The molecule has 23 heavy (non-hydrogen) atoms. The maximum absolute atomic E-state index is 12.9. The van der Waals surface area contributed by atoms with E-state index in [1.807, 2.05) is 0 Å². The summed E-state index contributed by atoms with van der Waals surface area (Å²) in [6, 6.07) is 12.9. The Labute approximate surface area is 147 Å². The van der Waals surface area contributed by atoms with E-state index in [4.69, 9.17) is 5.21 Å². The Morgan fingerprint density at radius 3 is 2.48 bits per heavy atom. The monoisotopic (exact) mass is 444 g/mol. The van der Waals surface area contributed by atoms with E-state index in [-0.39, 0.29) is 11.3 Å². The molecule has 120 valence electrons. The second kappa shape index (κ2) is 6.10. The van der Waals surface area contributed by atoms with Crippen molar-refractivity contribution in [3.05, 3.63) is 57.7 Å². The van der Waals surface area contributed by atoms with E-state index >= 15 is 0 Å². The maximum Gasteiger partial charge on any atom is 0.265 e. The average Bonchev–Trinajstić information content (AvgIpc) is 2.76. The lowest BCUT2D eigenvalue weighted by Crippen LogP contribution is -2.32. The molecular formula is C15H13IN2O4S.